The van der Waals surface area contributed by atoms with E-state index in [2.05, 4.69) is 42.2 Å². The third-order valence-electron chi connectivity index (χ3n) is 6.30. The van der Waals surface area contributed by atoms with Crippen molar-refractivity contribution < 1.29 is 9.59 Å². The Balaban J connectivity index is 1.35. The van der Waals surface area contributed by atoms with Crippen LogP contribution in [0.3, 0.4) is 0 Å². The number of hydrogen-bond donors (Lipinski definition) is 1. The smallest absolute Gasteiger partial charge is 0.241 e. The molecule has 1 aromatic carbocycles. The van der Waals surface area contributed by atoms with E-state index in [1.165, 1.54) is 5.56 Å². The first-order chi connectivity index (χ1) is 13.5. The molecule has 3 heterocycles. The topological polar surface area (TPSA) is 93.7 Å². The summed E-state index contributed by atoms with van der Waals surface area (Å²) in [4.78, 5) is 31.1. The Kier molecular flexibility index (Phi) is 5.09. The molecule has 4 atom stereocenters. The zero-order valence-corrected chi connectivity index (χ0v) is 16.3. The molecule has 3 aliphatic heterocycles. The normalized spacial score (nSPS) is 28.0. The van der Waals surface area contributed by atoms with Crippen molar-refractivity contribution in [1.82, 2.24) is 14.7 Å². The number of likely N-dealkylation sites (tertiary alicyclic amines) is 3. The van der Waals surface area contributed by atoms with E-state index in [0.29, 0.717) is 19.6 Å². The number of fused-ring (bicyclic) bond motifs is 2. The van der Waals surface area contributed by atoms with E-state index in [1.54, 1.807) is 4.90 Å². The quantitative estimate of drug-likeness (QED) is 0.807. The standard InChI is InChI=1S/C21H27N5O2/c1-14-4-6-15(7-5-14)11-26-17-9-19(21(26)28)24(12-17)13-18(23)20(27)25-8-2-3-16(25)10-22/h4-7,16-19H,2-3,8-9,11-13,23H2,1H3/t16-,17?,18?,19?/m0/s1. The van der Waals surface area contributed by atoms with Gasteiger partial charge in [0.05, 0.1) is 18.2 Å². The van der Waals surface area contributed by atoms with Crippen LogP contribution >= 0.6 is 0 Å². The van der Waals surface area contributed by atoms with Crippen molar-refractivity contribution in [2.24, 2.45) is 5.73 Å². The number of nitrogens with two attached hydrogens (primary N) is 1. The van der Waals surface area contributed by atoms with Crippen LogP contribution in [0.15, 0.2) is 24.3 Å². The van der Waals surface area contributed by atoms with Crippen LogP contribution in [0.5, 0.6) is 0 Å². The molecule has 3 aliphatic rings. The summed E-state index contributed by atoms with van der Waals surface area (Å²) in [5.41, 5.74) is 8.52. The van der Waals surface area contributed by atoms with Gasteiger partial charge in [-0.05, 0) is 31.7 Å². The summed E-state index contributed by atoms with van der Waals surface area (Å²) in [7, 11) is 0. The van der Waals surface area contributed by atoms with Crippen LogP contribution in [0.4, 0.5) is 0 Å². The lowest BCUT2D eigenvalue weighted by Crippen LogP contribution is -2.56. The molecule has 2 amide bonds. The van der Waals surface area contributed by atoms with E-state index in [1.807, 2.05) is 4.90 Å². The summed E-state index contributed by atoms with van der Waals surface area (Å²) in [6.45, 7) is 4.41. The Morgan fingerprint density at radius 2 is 2.11 bits per heavy atom. The fourth-order valence-electron chi connectivity index (χ4n) is 4.74. The zero-order chi connectivity index (χ0) is 19.8. The maximum atomic E-state index is 12.9. The fraction of sp³-hybridized carbons (Fsp3) is 0.571. The van der Waals surface area contributed by atoms with Crippen LogP contribution in [0.25, 0.3) is 0 Å². The molecule has 0 radical (unpaired) electrons. The number of nitriles is 1. The number of benzene rings is 1. The molecular weight excluding hydrogens is 354 g/mol. The number of aryl methyl sites for hydroxylation is 1. The van der Waals surface area contributed by atoms with Crippen LogP contribution in [0.1, 0.15) is 30.4 Å². The lowest BCUT2D eigenvalue weighted by molar-refractivity contribution is -0.139. The van der Waals surface area contributed by atoms with E-state index < -0.39 is 6.04 Å². The Hall–Kier alpha value is -2.43. The van der Waals surface area contributed by atoms with Crippen molar-refractivity contribution in [3.8, 4) is 6.07 Å². The molecule has 2 bridgehead atoms. The fourth-order valence-corrected chi connectivity index (χ4v) is 4.74. The molecule has 148 valence electrons. The molecule has 3 fully saturated rings. The number of rotatable bonds is 5. The minimum atomic E-state index is -0.688. The second-order valence-electron chi connectivity index (χ2n) is 8.24. The maximum Gasteiger partial charge on any atom is 0.241 e. The Morgan fingerprint density at radius 1 is 1.36 bits per heavy atom. The Labute approximate surface area is 165 Å². The minimum absolute atomic E-state index is 0.132. The molecule has 0 spiro atoms. The molecular formula is C21H27N5O2. The molecule has 1 aromatic rings. The highest BCUT2D eigenvalue weighted by atomic mass is 16.2. The van der Waals surface area contributed by atoms with E-state index in [-0.39, 0.29) is 29.9 Å². The van der Waals surface area contributed by atoms with Crippen LogP contribution in [-0.4, -0.2) is 70.3 Å². The van der Waals surface area contributed by atoms with Gasteiger partial charge >= 0.3 is 0 Å². The molecule has 2 N–H and O–H groups in total. The summed E-state index contributed by atoms with van der Waals surface area (Å²) < 4.78 is 0. The van der Waals surface area contributed by atoms with Gasteiger partial charge in [-0.2, -0.15) is 5.26 Å². The van der Waals surface area contributed by atoms with Gasteiger partial charge in [-0.1, -0.05) is 29.8 Å². The second kappa shape index (κ2) is 7.53. The summed E-state index contributed by atoms with van der Waals surface area (Å²) in [5.74, 6) is -0.0386. The van der Waals surface area contributed by atoms with Crippen molar-refractivity contribution in [2.75, 3.05) is 19.6 Å². The first-order valence-corrected chi connectivity index (χ1v) is 10.0. The van der Waals surface area contributed by atoms with Gasteiger partial charge in [-0.3, -0.25) is 14.5 Å². The molecule has 4 rings (SSSR count). The largest absolute Gasteiger partial charge is 0.333 e. The summed E-state index contributed by atoms with van der Waals surface area (Å²) >= 11 is 0. The zero-order valence-electron chi connectivity index (χ0n) is 16.3. The first-order valence-electron chi connectivity index (χ1n) is 10.0. The van der Waals surface area contributed by atoms with Crippen LogP contribution in [-0.2, 0) is 16.1 Å². The van der Waals surface area contributed by atoms with Gasteiger partial charge in [0.25, 0.3) is 0 Å². The highest BCUT2D eigenvalue weighted by molar-refractivity contribution is 5.86. The van der Waals surface area contributed by atoms with Crippen LogP contribution < -0.4 is 5.73 Å². The van der Waals surface area contributed by atoms with Gasteiger partial charge in [0, 0.05) is 32.2 Å². The van der Waals surface area contributed by atoms with Crippen molar-refractivity contribution in [1.29, 1.82) is 5.26 Å². The van der Waals surface area contributed by atoms with E-state index in [0.717, 1.165) is 31.4 Å². The molecule has 3 saturated heterocycles. The SMILES string of the molecule is Cc1ccc(CN2C(=O)C3CC2CN3CC(N)C(=O)N2CCC[C@H]2C#N)cc1. The lowest BCUT2D eigenvalue weighted by Gasteiger charge is -2.35. The van der Waals surface area contributed by atoms with Crippen molar-refractivity contribution >= 4 is 11.8 Å². The van der Waals surface area contributed by atoms with Crippen molar-refractivity contribution in [3.05, 3.63) is 35.4 Å². The van der Waals surface area contributed by atoms with Gasteiger partial charge < -0.3 is 15.5 Å². The summed E-state index contributed by atoms with van der Waals surface area (Å²) in [6.07, 6.45) is 2.36. The third kappa shape index (κ3) is 3.38. The van der Waals surface area contributed by atoms with Crippen LogP contribution in [0.2, 0.25) is 0 Å². The highest BCUT2D eigenvalue weighted by Crippen LogP contribution is 2.33. The molecule has 28 heavy (non-hydrogen) atoms. The molecule has 7 heteroatoms. The summed E-state index contributed by atoms with van der Waals surface area (Å²) in [6, 6.07) is 9.41. The number of carbonyl (C=O) groups is 2. The van der Waals surface area contributed by atoms with Crippen molar-refractivity contribution in [2.45, 2.75) is 56.9 Å². The van der Waals surface area contributed by atoms with E-state index >= 15 is 0 Å². The third-order valence-corrected chi connectivity index (χ3v) is 6.30. The predicted molar refractivity (Wildman–Crippen MR) is 104 cm³/mol. The summed E-state index contributed by atoms with van der Waals surface area (Å²) in [5, 5.41) is 9.19. The Morgan fingerprint density at radius 3 is 2.79 bits per heavy atom. The van der Waals surface area contributed by atoms with Gasteiger partial charge in [0.15, 0.2) is 0 Å². The average Bonchev–Trinajstić information content (AvgIpc) is 3.39. The molecule has 7 nitrogen and oxygen atoms in total. The lowest BCUT2D eigenvalue weighted by atomic mass is 10.1. The maximum absolute atomic E-state index is 12.9. The number of nitrogens with zero attached hydrogens (tertiary/aromatic N) is 4. The second-order valence-corrected chi connectivity index (χ2v) is 8.24. The predicted octanol–water partition coefficient (Wildman–Crippen LogP) is 0.622. The Bertz CT molecular complexity index is 802. The number of carbonyl (C=O) groups excluding carboxylic acids is 2. The van der Waals surface area contributed by atoms with Gasteiger partial charge in [-0.15, -0.1) is 0 Å². The molecule has 0 aliphatic carbocycles. The van der Waals surface area contributed by atoms with Gasteiger partial charge in [0.2, 0.25) is 11.8 Å². The number of amides is 2. The molecule has 0 aromatic heterocycles. The highest BCUT2D eigenvalue weighted by Gasteiger charge is 2.50. The molecule has 3 unspecified atom stereocenters. The van der Waals surface area contributed by atoms with Crippen LogP contribution in [0, 0.1) is 18.3 Å². The van der Waals surface area contributed by atoms with E-state index in [9.17, 15) is 14.9 Å². The molecule has 0 saturated carbocycles. The first kappa shape index (κ1) is 18.9. The average molecular weight is 381 g/mol. The van der Waals surface area contributed by atoms with Gasteiger partial charge in [-0.25, -0.2) is 0 Å². The minimum Gasteiger partial charge on any atom is -0.333 e. The number of hydrogen-bond acceptors (Lipinski definition) is 5. The monoisotopic (exact) mass is 381 g/mol. The van der Waals surface area contributed by atoms with Gasteiger partial charge in [0.1, 0.15) is 6.04 Å². The number of piperazine rings is 1. The van der Waals surface area contributed by atoms with E-state index in [4.69, 9.17) is 5.73 Å². The van der Waals surface area contributed by atoms with Crippen molar-refractivity contribution in [3.63, 3.8) is 0 Å².